The van der Waals surface area contributed by atoms with Crippen molar-refractivity contribution in [2.45, 2.75) is 36.9 Å². The van der Waals surface area contributed by atoms with E-state index in [-0.39, 0.29) is 29.0 Å². The fourth-order valence-corrected chi connectivity index (χ4v) is 3.72. The molecule has 1 fully saturated rings. The van der Waals surface area contributed by atoms with Crippen molar-refractivity contribution in [3.05, 3.63) is 28.3 Å². The average Bonchev–Trinajstić information content (AvgIpc) is 2.54. The first-order chi connectivity index (χ1) is 12.2. The molecule has 142 valence electrons. The molecule has 0 amide bonds. The number of thioether (sulfide) groups is 1. The lowest BCUT2D eigenvalue weighted by Crippen LogP contribution is -2.35. The van der Waals surface area contributed by atoms with Gasteiger partial charge in [0.2, 0.25) is 0 Å². The predicted molar refractivity (Wildman–Crippen MR) is 90.6 cm³/mol. The highest BCUT2D eigenvalue weighted by Crippen LogP contribution is 2.34. The van der Waals surface area contributed by atoms with Crippen molar-refractivity contribution >= 4 is 40.7 Å². The van der Waals surface area contributed by atoms with Crippen molar-refractivity contribution < 1.29 is 32.3 Å². The number of carbonyl (C=O) groups excluding carboxylic acids is 3. The first-order valence-electron chi connectivity index (χ1n) is 7.75. The molecule has 0 heterocycles. The first kappa shape index (κ1) is 20.9. The third kappa shape index (κ3) is 4.86. The van der Waals surface area contributed by atoms with Gasteiger partial charge < -0.3 is 4.74 Å². The van der Waals surface area contributed by atoms with Gasteiger partial charge in [0.1, 0.15) is 12.5 Å². The van der Waals surface area contributed by atoms with Crippen LogP contribution in [0.5, 0.6) is 0 Å². The Morgan fingerprint density at radius 2 is 1.88 bits per heavy atom. The Labute approximate surface area is 157 Å². The zero-order valence-electron chi connectivity index (χ0n) is 13.8. The van der Waals surface area contributed by atoms with Crippen LogP contribution >= 0.6 is 23.4 Å². The van der Waals surface area contributed by atoms with Gasteiger partial charge in [0.25, 0.3) is 0 Å². The Bertz CT molecular complexity index is 717. The highest BCUT2D eigenvalue weighted by atomic mass is 35.5. The number of hydrogen-bond donors (Lipinski definition) is 0. The van der Waals surface area contributed by atoms with Gasteiger partial charge in [-0.3, -0.25) is 14.4 Å². The number of hydrogen-bond acceptors (Lipinski definition) is 5. The number of rotatable bonds is 6. The fourth-order valence-electron chi connectivity index (χ4n) is 2.74. The number of ketones is 3. The SMILES string of the molecule is CSc1ccc(C(=O)C2C(=O)CCCC2=O)c(Cl)c1COCC(F)(F)F. The highest BCUT2D eigenvalue weighted by molar-refractivity contribution is 7.98. The van der Waals surface area contributed by atoms with Crippen LogP contribution in [0.25, 0.3) is 0 Å². The van der Waals surface area contributed by atoms with Gasteiger partial charge in [-0.2, -0.15) is 13.2 Å². The van der Waals surface area contributed by atoms with Crippen LogP contribution in [0.3, 0.4) is 0 Å². The van der Waals surface area contributed by atoms with Gasteiger partial charge in [0.15, 0.2) is 17.3 Å². The molecule has 0 aliphatic heterocycles. The third-order valence-corrected chi connectivity index (χ3v) is 5.20. The second kappa shape index (κ2) is 8.54. The topological polar surface area (TPSA) is 60.4 Å². The van der Waals surface area contributed by atoms with Crippen molar-refractivity contribution in [3.63, 3.8) is 0 Å². The molecule has 4 nitrogen and oxygen atoms in total. The summed E-state index contributed by atoms with van der Waals surface area (Å²) in [6, 6.07) is 2.91. The number of carbonyl (C=O) groups is 3. The summed E-state index contributed by atoms with van der Waals surface area (Å²) >= 11 is 7.47. The molecule has 0 N–H and O–H groups in total. The molecular formula is C17H16ClF3O4S. The number of alkyl halides is 3. The second-order valence-electron chi connectivity index (χ2n) is 5.80. The first-order valence-corrected chi connectivity index (χ1v) is 9.35. The number of Topliss-reactive ketones (excluding diaryl/α,β-unsaturated/α-hetero) is 3. The van der Waals surface area contributed by atoms with E-state index in [1.165, 1.54) is 23.9 Å². The Morgan fingerprint density at radius 3 is 2.42 bits per heavy atom. The maximum Gasteiger partial charge on any atom is 0.411 e. The molecule has 0 spiro atoms. The van der Waals surface area contributed by atoms with Crippen LogP contribution in [0.1, 0.15) is 35.2 Å². The minimum Gasteiger partial charge on any atom is -0.367 e. The van der Waals surface area contributed by atoms with Crippen molar-refractivity contribution in [3.8, 4) is 0 Å². The van der Waals surface area contributed by atoms with Gasteiger partial charge in [-0.25, -0.2) is 0 Å². The molecule has 0 saturated heterocycles. The molecule has 26 heavy (non-hydrogen) atoms. The third-order valence-electron chi connectivity index (χ3n) is 3.95. The summed E-state index contributed by atoms with van der Waals surface area (Å²) in [7, 11) is 0. The molecule has 0 unspecified atom stereocenters. The van der Waals surface area contributed by atoms with Crippen molar-refractivity contribution in [1.82, 2.24) is 0 Å². The zero-order valence-corrected chi connectivity index (χ0v) is 15.4. The molecule has 0 atom stereocenters. The maximum absolute atomic E-state index is 12.7. The van der Waals surface area contributed by atoms with Crippen LogP contribution < -0.4 is 0 Å². The standard InChI is InChI=1S/C17H16ClF3O4S/c1-26-13-6-5-9(15(18)10(13)7-25-8-17(19,20)21)16(24)14-11(22)3-2-4-12(14)23/h5-6,14H,2-4,7-8H2,1H3. The largest absolute Gasteiger partial charge is 0.411 e. The van der Waals surface area contributed by atoms with Crippen LogP contribution in [-0.2, 0) is 20.9 Å². The van der Waals surface area contributed by atoms with E-state index in [0.29, 0.717) is 11.3 Å². The van der Waals surface area contributed by atoms with E-state index in [0.717, 1.165) is 0 Å². The quantitative estimate of drug-likeness (QED) is 0.400. The summed E-state index contributed by atoms with van der Waals surface area (Å²) < 4.78 is 41.5. The summed E-state index contributed by atoms with van der Waals surface area (Å²) in [5.74, 6) is -3.00. The predicted octanol–water partition coefficient (Wildman–Crippen LogP) is 4.26. The minimum atomic E-state index is -4.49. The molecule has 2 rings (SSSR count). The molecule has 0 aromatic heterocycles. The van der Waals surface area contributed by atoms with Crippen LogP contribution in [0.15, 0.2) is 17.0 Å². The monoisotopic (exact) mass is 408 g/mol. The van der Waals surface area contributed by atoms with Crippen molar-refractivity contribution in [2.75, 3.05) is 12.9 Å². The van der Waals surface area contributed by atoms with Gasteiger partial charge in [-0.15, -0.1) is 11.8 Å². The Hall–Kier alpha value is -1.38. The van der Waals surface area contributed by atoms with Gasteiger partial charge >= 0.3 is 6.18 Å². The van der Waals surface area contributed by atoms with Gasteiger partial charge in [0, 0.05) is 28.9 Å². The molecule has 1 aliphatic carbocycles. The number of benzene rings is 1. The lowest BCUT2D eigenvalue weighted by atomic mass is 9.81. The van der Waals surface area contributed by atoms with Gasteiger partial charge in [-0.05, 0) is 24.8 Å². The van der Waals surface area contributed by atoms with Gasteiger partial charge in [-0.1, -0.05) is 11.6 Å². The average molecular weight is 409 g/mol. The molecule has 1 aromatic carbocycles. The second-order valence-corrected chi connectivity index (χ2v) is 7.03. The molecular weight excluding hydrogens is 393 g/mol. The Kier molecular flexibility index (Phi) is 6.87. The molecule has 1 saturated carbocycles. The van der Waals surface area contributed by atoms with E-state index in [4.69, 9.17) is 11.6 Å². The van der Waals surface area contributed by atoms with Crippen molar-refractivity contribution in [1.29, 1.82) is 0 Å². The molecule has 0 bridgehead atoms. The van der Waals surface area contributed by atoms with E-state index in [9.17, 15) is 27.6 Å². The van der Waals surface area contributed by atoms with Crippen molar-refractivity contribution in [2.24, 2.45) is 5.92 Å². The lowest BCUT2D eigenvalue weighted by Gasteiger charge is -2.20. The lowest BCUT2D eigenvalue weighted by molar-refractivity contribution is -0.176. The number of ether oxygens (including phenoxy) is 1. The zero-order chi connectivity index (χ0) is 19.5. The van der Waals surface area contributed by atoms with E-state index in [1.807, 2.05) is 0 Å². The minimum absolute atomic E-state index is 0.0522. The summed E-state index contributed by atoms with van der Waals surface area (Å²) in [4.78, 5) is 37.2. The van der Waals surface area contributed by atoms with Gasteiger partial charge in [0.05, 0.1) is 11.6 Å². The number of halogens is 4. The maximum atomic E-state index is 12.7. The molecule has 9 heteroatoms. The van der Waals surface area contributed by atoms with E-state index >= 15 is 0 Å². The smallest absolute Gasteiger partial charge is 0.367 e. The fraction of sp³-hybridized carbons (Fsp3) is 0.471. The van der Waals surface area contributed by atoms with Crippen LogP contribution in [-0.4, -0.2) is 36.4 Å². The molecule has 0 radical (unpaired) electrons. The summed E-state index contributed by atoms with van der Waals surface area (Å²) in [5.41, 5.74) is 0.175. The Balaban J connectivity index is 2.32. The molecule has 1 aromatic rings. The summed E-state index contributed by atoms with van der Waals surface area (Å²) in [5, 5.41) is -0.0878. The van der Waals surface area contributed by atoms with E-state index in [2.05, 4.69) is 4.74 Å². The highest BCUT2D eigenvalue weighted by Gasteiger charge is 2.37. The normalized spacial score (nSPS) is 16.2. The summed E-state index contributed by atoms with van der Waals surface area (Å²) in [6.45, 7) is -1.89. The molecule has 1 aliphatic rings. The van der Waals surface area contributed by atoms with Crippen LogP contribution in [0.4, 0.5) is 13.2 Å². The summed E-state index contributed by atoms with van der Waals surface area (Å²) in [6.07, 6.45) is -2.08. The van der Waals surface area contributed by atoms with E-state index in [1.54, 1.807) is 6.26 Å². The van der Waals surface area contributed by atoms with Crippen LogP contribution in [0, 0.1) is 5.92 Å². The Morgan fingerprint density at radius 1 is 1.27 bits per heavy atom. The van der Waals surface area contributed by atoms with E-state index < -0.39 is 42.7 Å². The van der Waals surface area contributed by atoms with Crippen LogP contribution in [0.2, 0.25) is 5.02 Å².